The van der Waals surface area contributed by atoms with Crippen molar-refractivity contribution in [2.75, 3.05) is 38.0 Å². The summed E-state index contributed by atoms with van der Waals surface area (Å²) in [5.41, 5.74) is 3.53. The van der Waals surface area contributed by atoms with Crippen LogP contribution in [0.2, 0.25) is 0 Å². The molecule has 164 valence electrons. The third kappa shape index (κ3) is 5.37. The molecule has 2 aliphatic carbocycles. The molecule has 0 bridgehead atoms. The minimum absolute atomic E-state index is 0.0201. The van der Waals surface area contributed by atoms with Crippen molar-refractivity contribution in [3.63, 3.8) is 0 Å². The van der Waals surface area contributed by atoms with Gasteiger partial charge < -0.3 is 19.9 Å². The van der Waals surface area contributed by atoms with E-state index in [1.165, 1.54) is 12.8 Å². The average molecular weight is 422 g/mol. The fraction of sp³-hybridized carbons (Fsp3) is 0.440. The second kappa shape index (κ2) is 9.00. The van der Waals surface area contributed by atoms with Gasteiger partial charge in [0, 0.05) is 50.0 Å². The molecule has 0 atom stereocenters. The van der Waals surface area contributed by atoms with Gasteiger partial charge in [-0.1, -0.05) is 0 Å². The molecule has 0 saturated heterocycles. The largest absolute Gasteiger partial charge is 0.497 e. The van der Waals surface area contributed by atoms with Gasteiger partial charge in [-0.15, -0.1) is 0 Å². The molecule has 0 unspecified atom stereocenters. The van der Waals surface area contributed by atoms with Crippen LogP contribution in [-0.4, -0.2) is 44.5 Å². The normalized spacial score (nSPS) is 15.3. The predicted molar refractivity (Wildman–Crippen MR) is 123 cm³/mol. The Morgan fingerprint density at radius 2 is 1.74 bits per heavy atom. The van der Waals surface area contributed by atoms with Crippen molar-refractivity contribution < 1.29 is 14.3 Å². The first-order valence-electron chi connectivity index (χ1n) is 11.0. The van der Waals surface area contributed by atoms with E-state index in [2.05, 4.69) is 10.2 Å². The van der Waals surface area contributed by atoms with E-state index in [9.17, 15) is 9.59 Å². The van der Waals surface area contributed by atoms with E-state index in [0.29, 0.717) is 18.0 Å². The van der Waals surface area contributed by atoms with Crippen LogP contribution in [0.25, 0.3) is 0 Å². The Kier molecular flexibility index (Phi) is 6.16. The lowest BCUT2D eigenvalue weighted by molar-refractivity contribution is -0.117. The zero-order valence-corrected chi connectivity index (χ0v) is 18.6. The predicted octanol–water partition coefficient (Wildman–Crippen LogP) is 4.16. The Morgan fingerprint density at radius 1 is 1.03 bits per heavy atom. The van der Waals surface area contributed by atoms with Gasteiger partial charge >= 0.3 is 0 Å². The first kappa shape index (κ1) is 21.2. The van der Waals surface area contributed by atoms with E-state index < -0.39 is 0 Å². The molecule has 2 amide bonds. The van der Waals surface area contributed by atoms with Crippen LogP contribution in [0.5, 0.6) is 5.75 Å². The molecule has 6 nitrogen and oxygen atoms in total. The smallest absolute Gasteiger partial charge is 0.254 e. The summed E-state index contributed by atoms with van der Waals surface area (Å²) in [7, 11) is 5.61. The number of nitrogens with zero attached hydrogens (tertiary/aromatic N) is 2. The van der Waals surface area contributed by atoms with Crippen LogP contribution in [0.1, 0.15) is 41.6 Å². The SMILES string of the molecule is COc1ccc(C(=O)N(Cc2cc(NC(=O)C3CC3)ccc2N(C)C)CC2CC2)cc1. The Balaban J connectivity index is 1.58. The average Bonchev–Trinajstić information content (AvgIpc) is 3.67. The summed E-state index contributed by atoms with van der Waals surface area (Å²) in [6, 6.07) is 13.3. The molecule has 2 saturated carbocycles. The monoisotopic (exact) mass is 421 g/mol. The minimum Gasteiger partial charge on any atom is -0.497 e. The minimum atomic E-state index is 0.0201. The number of hydrogen-bond donors (Lipinski definition) is 1. The van der Waals surface area contributed by atoms with E-state index in [-0.39, 0.29) is 17.7 Å². The molecule has 0 aliphatic heterocycles. The highest BCUT2D eigenvalue weighted by Crippen LogP contribution is 2.33. The highest BCUT2D eigenvalue weighted by Gasteiger charge is 2.30. The first-order valence-corrected chi connectivity index (χ1v) is 11.0. The number of carbonyl (C=O) groups excluding carboxylic acids is 2. The topological polar surface area (TPSA) is 61.9 Å². The molecular weight excluding hydrogens is 390 g/mol. The van der Waals surface area contributed by atoms with Gasteiger partial charge in [-0.05, 0) is 79.6 Å². The summed E-state index contributed by atoms with van der Waals surface area (Å²) >= 11 is 0. The Hall–Kier alpha value is -3.02. The molecule has 6 heteroatoms. The number of hydrogen-bond acceptors (Lipinski definition) is 4. The number of anilines is 2. The molecule has 2 aromatic rings. The van der Waals surface area contributed by atoms with E-state index in [4.69, 9.17) is 4.74 Å². The number of rotatable bonds is 9. The second-order valence-corrected chi connectivity index (χ2v) is 8.86. The fourth-order valence-corrected chi connectivity index (χ4v) is 3.77. The highest BCUT2D eigenvalue weighted by atomic mass is 16.5. The number of benzene rings is 2. The molecule has 0 radical (unpaired) electrons. The van der Waals surface area contributed by atoms with Gasteiger partial charge in [0.25, 0.3) is 5.91 Å². The quantitative estimate of drug-likeness (QED) is 0.660. The van der Waals surface area contributed by atoms with E-state index in [0.717, 1.165) is 42.1 Å². The van der Waals surface area contributed by atoms with Crippen LogP contribution in [0.15, 0.2) is 42.5 Å². The van der Waals surface area contributed by atoms with Crippen molar-refractivity contribution in [2.24, 2.45) is 11.8 Å². The lowest BCUT2D eigenvalue weighted by atomic mass is 10.1. The van der Waals surface area contributed by atoms with Crippen molar-refractivity contribution in [2.45, 2.75) is 32.2 Å². The summed E-state index contributed by atoms with van der Waals surface area (Å²) in [5.74, 6) is 1.57. The van der Waals surface area contributed by atoms with Gasteiger partial charge in [0.1, 0.15) is 5.75 Å². The van der Waals surface area contributed by atoms with Crippen molar-refractivity contribution in [1.82, 2.24) is 4.90 Å². The van der Waals surface area contributed by atoms with Gasteiger partial charge in [-0.3, -0.25) is 9.59 Å². The third-order valence-electron chi connectivity index (χ3n) is 5.94. The fourth-order valence-electron chi connectivity index (χ4n) is 3.77. The summed E-state index contributed by atoms with van der Waals surface area (Å²) in [6.45, 7) is 1.25. The summed E-state index contributed by atoms with van der Waals surface area (Å²) in [6.07, 6.45) is 4.29. The van der Waals surface area contributed by atoms with Crippen LogP contribution >= 0.6 is 0 Å². The molecule has 0 aromatic heterocycles. The van der Waals surface area contributed by atoms with Gasteiger partial charge in [0.05, 0.1) is 7.11 Å². The maximum atomic E-state index is 13.4. The molecule has 2 aromatic carbocycles. The van der Waals surface area contributed by atoms with E-state index >= 15 is 0 Å². The maximum absolute atomic E-state index is 13.4. The lowest BCUT2D eigenvalue weighted by Crippen LogP contribution is -2.33. The number of amides is 2. The van der Waals surface area contributed by atoms with Crippen molar-refractivity contribution in [3.05, 3.63) is 53.6 Å². The molecule has 2 aliphatic rings. The third-order valence-corrected chi connectivity index (χ3v) is 5.94. The summed E-state index contributed by atoms with van der Waals surface area (Å²) in [5, 5.41) is 3.04. The zero-order valence-electron chi connectivity index (χ0n) is 18.6. The Morgan fingerprint density at radius 3 is 2.32 bits per heavy atom. The molecule has 1 N–H and O–H groups in total. The number of nitrogens with one attached hydrogen (secondary N) is 1. The number of methoxy groups -OCH3 is 1. The van der Waals surface area contributed by atoms with Crippen LogP contribution in [0, 0.1) is 11.8 Å². The van der Waals surface area contributed by atoms with Crippen LogP contribution < -0.4 is 15.0 Å². The molecular formula is C25H31N3O3. The van der Waals surface area contributed by atoms with Gasteiger partial charge in [-0.25, -0.2) is 0 Å². The zero-order chi connectivity index (χ0) is 22.0. The van der Waals surface area contributed by atoms with Crippen LogP contribution in [0.4, 0.5) is 11.4 Å². The van der Waals surface area contributed by atoms with Gasteiger partial charge in [0.15, 0.2) is 0 Å². The first-order chi connectivity index (χ1) is 14.9. The van der Waals surface area contributed by atoms with E-state index in [1.807, 2.05) is 61.5 Å². The van der Waals surface area contributed by atoms with Crippen molar-refractivity contribution in [3.8, 4) is 5.75 Å². The Bertz CT molecular complexity index is 947. The Labute approximate surface area is 184 Å². The number of ether oxygens (including phenoxy) is 1. The molecule has 31 heavy (non-hydrogen) atoms. The van der Waals surface area contributed by atoms with Crippen LogP contribution in [-0.2, 0) is 11.3 Å². The highest BCUT2D eigenvalue weighted by molar-refractivity contribution is 5.95. The lowest BCUT2D eigenvalue weighted by Gasteiger charge is -2.26. The van der Waals surface area contributed by atoms with E-state index in [1.54, 1.807) is 7.11 Å². The molecule has 4 rings (SSSR count). The van der Waals surface area contributed by atoms with Gasteiger partial charge in [0.2, 0.25) is 5.91 Å². The molecule has 0 heterocycles. The molecule has 2 fully saturated rings. The van der Waals surface area contributed by atoms with Crippen LogP contribution in [0.3, 0.4) is 0 Å². The summed E-state index contributed by atoms with van der Waals surface area (Å²) in [4.78, 5) is 29.6. The second-order valence-electron chi connectivity index (χ2n) is 8.86. The number of carbonyl (C=O) groups is 2. The maximum Gasteiger partial charge on any atom is 0.254 e. The van der Waals surface area contributed by atoms with Crippen molar-refractivity contribution in [1.29, 1.82) is 0 Å². The standard InChI is InChI=1S/C25H31N3O3/c1-27(2)23-13-10-21(26-24(29)18-6-7-18)14-20(23)16-28(15-17-4-5-17)25(30)19-8-11-22(31-3)12-9-19/h8-14,17-18H,4-7,15-16H2,1-3H3,(H,26,29). The van der Waals surface area contributed by atoms with Crippen molar-refractivity contribution >= 4 is 23.2 Å². The summed E-state index contributed by atoms with van der Waals surface area (Å²) < 4.78 is 5.22. The molecule has 0 spiro atoms. The van der Waals surface area contributed by atoms with Gasteiger partial charge in [-0.2, -0.15) is 0 Å².